The molecule has 0 unspecified atom stereocenters. The van der Waals surface area contributed by atoms with E-state index < -0.39 is 5.97 Å². The van der Waals surface area contributed by atoms with E-state index >= 15 is 0 Å². The monoisotopic (exact) mass is 169 g/mol. The lowest BCUT2D eigenvalue weighted by atomic mass is 9.90. The van der Waals surface area contributed by atoms with Gasteiger partial charge in [-0.3, -0.25) is 0 Å². The van der Waals surface area contributed by atoms with Gasteiger partial charge in [0.1, 0.15) is 5.54 Å². The molecule has 2 saturated heterocycles. The van der Waals surface area contributed by atoms with Crippen LogP contribution >= 0.6 is 0 Å². The third-order valence-corrected chi connectivity index (χ3v) is 3.50. The molecule has 0 atom stereocenters. The van der Waals surface area contributed by atoms with Gasteiger partial charge in [-0.2, -0.15) is 0 Å². The summed E-state index contributed by atoms with van der Waals surface area (Å²) in [7, 11) is 0. The van der Waals surface area contributed by atoms with Crippen molar-refractivity contribution in [1.82, 2.24) is 0 Å². The van der Waals surface area contributed by atoms with Crippen LogP contribution in [0.25, 0.3) is 0 Å². The zero-order chi connectivity index (χ0) is 8.60. The minimum absolute atomic E-state index is 0.0822. The van der Waals surface area contributed by atoms with Crippen LogP contribution in [0.2, 0.25) is 0 Å². The molecule has 2 aliphatic rings. The highest BCUT2D eigenvalue weighted by molar-refractivity contribution is 5.65. The Hall–Kier alpha value is -0.570. The van der Waals surface area contributed by atoms with E-state index in [2.05, 4.69) is 0 Å². The second-order valence-electron chi connectivity index (χ2n) is 4.14. The van der Waals surface area contributed by atoms with Gasteiger partial charge in [-0.05, 0) is 0 Å². The van der Waals surface area contributed by atoms with Crippen LogP contribution in [-0.4, -0.2) is 24.6 Å². The summed E-state index contributed by atoms with van der Waals surface area (Å²) in [5.74, 6) is -0.865. The van der Waals surface area contributed by atoms with Gasteiger partial charge in [-0.25, -0.2) is 0 Å². The van der Waals surface area contributed by atoms with Crippen molar-refractivity contribution in [3.05, 3.63) is 0 Å². The highest BCUT2D eigenvalue weighted by Gasteiger charge is 2.48. The van der Waals surface area contributed by atoms with Crippen molar-refractivity contribution in [3.63, 3.8) is 0 Å². The van der Waals surface area contributed by atoms with Crippen LogP contribution in [-0.2, 0) is 4.79 Å². The molecule has 0 bridgehead atoms. The third-order valence-electron chi connectivity index (χ3n) is 3.50. The number of hydrogen-bond acceptors (Lipinski definition) is 2. The van der Waals surface area contributed by atoms with Crippen LogP contribution in [0.15, 0.2) is 0 Å². The van der Waals surface area contributed by atoms with Gasteiger partial charge in [0.15, 0.2) is 0 Å². The summed E-state index contributed by atoms with van der Waals surface area (Å²) >= 11 is 0. The van der Waals surface area contributed by atoms with Crippen molar-refractivity contribution in [3.8, 4) is 0 Å². The molecule has 2 heterocycles. The normalized spacial score (nSPS) is 39.8. The van der Waals surface area contributed by atoms with Crippen LogP contribution in [0.4, 0.5) is 0 Å². The number of nitrogens with one attached hydrogen (secondary N) is 1. The van der Waals surface area contributed by atoms with Gasteiger partial charge in [0.05, 0.1) is 13.1 Å². The van der Waals surface area contributed by atoms with E-state index in [4.69, 9.17) is 0 Å². The molecular weight excluding hydrogens is 154 g/mol. The van der Waals surface area contributed by atoms with Gasteiger partial charge in [0.2, 0.25) is 0 Å². The number of fused-ring (bicyclic) bond motifs is 1. The van der Waals surface area contributed by atoms with Crippen molar-refractivity contribution in [2.75, 3.05) is 13.1 Å². The Morgan fingerprint density at radius 2 is 1.92 bits per heavy atom. The first-order valence-corrected chi connectivity index (χ1v) is 4.78. The van der Waals surface area contributed by atoms with Gasteiger partial charge in [0.25, 0.3) is 0 Å². The lowest BCUT2D eigenvalue weighted by Gasteiger charge is -2.28. The summed E-state index contributed by atoms with van der Waals surface area (Å²) in [4.78, 5) is 12.1. The third kappa shape index (κ3) is 1.12. The molecule has 2 rings (SSSR count). The minimum Gasteiger partial charge on any atom is -0.550 e. The second-order valence-corrected chi connectivity index (χ2v) is 4.14. The fourth-order valence-corrected chi connectivity index (χ4v) is 2.99. The summed E-state index contributed by atoms with van der Waals surface area (Å²) in [5.41, 5.74) is 0.0822. The molecule has 12 heavy (non-hydrogen) atoms. The van der Waals surface area contributed by atoms with Gasteiger partial charge < -0.3 is 14.8 Å². The van der Waals surface area contributed by atoms with Gasteiger partial charge >= 0.3 is 0 Å². The molecule has 3 heteroatoms. The fourth-order valence-electron chi connectivity index (χ4n) is 2.99. The molecule has 68 valence electrons. The topological polar surface area (TPSA) is 44.6 Å². The van der Waals surface area contributed by atoms with E-state index in [-0.39, 0.29) is 12.0 Å². The number of carboxylic acid groups (broad SMARTS) is 1. The highest BCUT2D eigenvalue weighted by Crippen LogP contribution is 2.27. The van der Waals surface area contributed by atoms with E-state index in [1.165, 1.54) is 30.8 Å². The Morgan fingerprint density at radius 3 is 2.42 bits per heavy atom. The zero-order valence-corrected chi connectivity index (χ0v) is 7.27. The van der Waals surface area contributed by atoms with Gasteiger partial charge in [-0.1, -0.05) is 0 Å². The van der Waals surface area contributed by atoms with Gasteiger partial charge in [0, 0.05) is 38.1 Å². The molecule has 0 radical (unpaired) electrons. The Balaban J connectivity index is 2.11. The number of carbonyl (C=O) groups is 1. The first-order chi connectivity index (χ1) is 5.73. The first-order valence-electron chi connectivity index (χ1n) is 4.78. The Labute approximate surface area is 72.4 Å². The van der Waals surface area contributed by atoms with Crippen molar-refractivity contribution in [1.29, 1.82) is 0 Å². The number of rotatable bonds is 2. The maximum atomic E-state index is 10.6. The summed E-state index contributed by atoms with van der Waals surface area (Å²) < 4.78 is 0. The smallest absolute Gasteiger partial charge is 0.103 e. The molecule has 0 aliphatic carbocycles. The maximum absolute atomic E-state index is 10.6. The van der Waals surface area contributed by atoms with Crippen molar-refractivity contribution in [2.24, 2.45) is 0 Å². The molecule has 0 aromatic carbocycles. The molecule has 0 amide bonds. The predicted octanol–water partition coefficient (Wildman–Crippen LogP) is -1.66. The van der Waals surface area contributed by atoms with Gasteiger partial charge in [-0.15, -0.1) is 0 Å². The highest BCUT2D eigenvalue weighted by atomic mass is 16.4. The number of hydrogen-bond donors (Lipinski definition) is 1. The number of aliphatic carboxylic acids is 1. The first kappa shape index (κ1) is 8.05. The average Bonchev–Trinajstić information content (AvgIpc) is 2.42. The molecule has 2 aliphatic heterocycles. The SMILES string of the molecule is O=C([O-])CC12CCC[NH+]1CCC2. The Morgan fingerprint density at radius 1 is 1.33 bits per heavy atom. The minimum atomic E-state index is -0.865. The molecule has 0 saturated carbocycles. The molecule has 1 N–H and O–H groups in total. The predicted molar refractivity (Wildman–Crippen MR) is 41.5 cm³/mol. The largest absolute Gasteiger partial charge is 0.550 e. The number of quaternary nitrogens is 1. The van der Waals surface area contributed by atoms with Crippen LogP contribution in [0.5, 0.6) is 0 Å². The fraction of sp³-hybridized carbons (Fsp3) is 0.889. The van der Waals surface area contributed by atoms with E-state index in [0.29, 0.717) is 0 Å². The summed E-state index contributed by atoms with van der Waals surface area (Å²) in [6.07, 6.45) is 4.86. The van der Waals surface area contributed by atoms with Crippen LogP contribution in [0, 0.1) is 0 Å². The average molecular weight is 169 g/mol. The number of carbonyl (C=O) groups excluding carboxylic acids is 1. The van der Waals surface area contributed by atoms with Crippen LogP contribution in [0.3, 0.4) is 0 Å². The van der Waals surface area contributed by atoms with E-state index in [0.717, 1.165) is 12.8 Å². The molecule has 0 spiro atoms. The summed E-state index contributed by atoms with van der Waals surface area (Å²) in [6.45, 7) is 2.35. The number of carboxylic acids is 1. The summed E-state index contributed by atoms with van der Waals surface area (Å²) in [5, 5.41) is 10.6. The molecule has 0 aromatic heterocycles. The van der Waals surface area contributed by atoms with Crippen molar-refractivity contribution >= 4 is 5.97 Å². The van der Waals surface area contributed by atoms with E-state index in [1.807, 2.05) is 0 Å². The van der Waals surface area contributed by atoms with E-state index in [9.17, 15) is 9.90 Å². The molecule has 2 fully saturated rings. The summed E-state index contributed by atoms with van der Waals surface area (Å²) in [6, 6.07) is 0. The second kappa shape index (κ2) is 2.73. The van der Waals surface area contributed by atoms with Crippen LogP contribution in [0.1, 0.15) is 32.1 Å². The van der Waals surface area contributed by atoms with Crippen molar-refractivity contribution < 1.29 is 14.8 Å². The van der Waals surface area contributed by atoms with E-state index in [1.54, 1.807) is 0 Å². The Bertz CT molecular complexity index is 193. The van der Waals surface area contributed by atoms with Crippen LogP contribution < -0.4 is 10.0 Å². The van der Waals surface area contributed by atoms with Crippen molar-refractivity contribution in [2.45, 2.75) is 37.6 Å². The Kier molecular flexibility index (Phi) is 1.83. The maximum Gasteiger partial charge on any atom is 0.103 e. The lowest BCUT2D eigenvalue weighted by Crippen LogP contribution is -3.16. The quantitative estimate of drug-likeness (QED) is 0.537. The molecular formula is C9H15NO2. The zero-order valence-electron chi connectivity index (χ0n) is 7.27. The molecule has 0 aromatic rings. The standard InChI is InChI=1S/C9H15NO2/c11-8(12)7-9-3-1-5-10(9)6-2-4-9/h1-7H2,(H,11,12). The lowest BCUT2D eigenvalue weighted by molar-refractivity contribution is -0.925. The molecule has 3 nitrogen and oxygen atoms in total.